The molecule has 22 heavy (non-hydrogen) atoms. The Morgan fingerprint density at radius 1 is 1.18 bits per heavy atom. The van der Waals surface area contributed by atoms with E-state index in [1.165, 1.54) is 12.1 Å². The summed E-state index contributed by atoms with van der Waals surface area (Å²) in [4.78, 5) is 15.0. The minimum atomic E-state index is -4.64. The van der Waals surface area contributed by atoms with Gasteiger partial charge in [0.1, 0.15) is 12.0 Å². The predicted octanol–water partition coefficient (Wildman–Crippen LogP) is 4.36. The second-order valence-electron chi connectivity index (χ2n) is 4.30. The normalized spacial score (nSPS) is 11.3. The zero-order chi connectivity index (χ0) is 16.2. The van der Waals surface area contributed by atoms with Crippen LogP contribution < -0.4 is 4.74 Å². The molecule has 2 aromatic rings. The van der Waals surface area contributed by atoms with Gasteiger partial charge in [-0.05, 0) is 36.1 Å². The number of nitrogens with zero attached hydrogens (tertiary/aromatic N) is 1. The summed E-state index contributed by atoms with van der Waals surface area (Å²) in [5.41, 5.74) is -1.27. The van der Waals surface area contributed by atoms with E-state index < -0.39 is 11.9 Å². The van der Waals surface area contributed by atoms with Crippen molar-refractivity contribution in [2.75, 3.05) is 6.26 Å². The summed E-state index contributed by atoms with van der Waals surface area (Å²) >= 11 is 1.54. The molecule has 0 saturated heterocycles. The average Bonchev–Trinajstić information content (AvgIpc) is 2.49. The molecule has 0 radical (unpaired) electrons. The van der Waals surface area contributed by atoms with Gasteiger partial charge in [0.25, 0.3) is 0 Å². The molecule has 0 saturated carbocycles. The van der Waals surface area contributed by atoms with Gasteiger partial charge >= 0.3 is 6.18 Å². The van der Waals surface area contributed by atoms with Gasteiger partial charge in [-0.3, -0.25) is 0 Å². The standard InChI is InChI=1S/C15H12F3NO2S/c1-22-12-5-3-11(4-6-12)21-13-7-2-10(8-9-20)14(19-13)15(16,17)18/h2-7,9H,8H2,1H3. The van der Waals surface area contributed by atoms with Gasteiger partial charge in [-0.1, -0.05) is 6.07 Å². The fraction of sp³-hybridized carbons (Fsp3) is 0.200. The Morgan fingerprint density at radius 2 is 1.86 bits per heavy atom. The number of thioether (sulfide) groups is 1. The highest BCUT2D eigenvalue weighted by atomic mass is 32.2. The highest BCUT2D eigenvalue weighted by molar-refractivity contribution is 7.98. The molecule has 7 heteroatoms. The van der Waals surface area contributed by atoms with Crippen molar-refractivity contribution in [3.05, 3.63) is 47.7 Å². The second-order valence-corrected chi connectivity index (χ2v) is 5.18. The maximum Gasteiger partial charge on any atom is 0.433 e. The van der Waals surface area contributed by atoms with Gasteiger partial charge in [0.15, 0.2) is 5.69 Å². The lowest BCUT2D eigenvalue weighted by atomic mass is 10.1. The van der Waals surface area contributed by atoms with Crippen molar-refractivity contribution in [2.45, 2.75) is 17.5 Å². The Kier molecular flexibility index (Phi) is 5.07. The van der Waals surface area contributed by atoms with Crippen LogP contribution in [-0.2, 0) is 17.4 Å². The van der Waals surface area contributed by atoms with E-state index in [0.717, 1.165) is 4.90 Å². The van der Waals surface area contributed by atoms with E-state index >= 15 is 0 Å². The molecule has 0 N–H and O–H groups in total. The van der Waals surface area contributed by atoms with Crippen LogP contribution in [0, 0.1) is 0 Å². The van der Waals surface area contributed by atoms with Crippen LogP contribution in [-0.4, -0.2) is 17.5 Å². The molecule has 0 fully saturated rings. The maximum absolute atomic E-state index is 13.0. The summed E-state index contributed by atoms with van der Waals surface area (Å²) in [6.07, 6.45) is -2.66. The molecule has 0 aliphatic carbocycles. The van der Waals surface area contributed by atoms with Crippen LogP contribution in [0.3, 0.4) is 0 Å². The summed E-state index contributed by atoms with van der Waals surface area (Å²) in [7, 11) is 0. The van der Waals surface area contributed by atoms with Crippen molar-refractivity contribution in [3.63, 3.8) is 0 Å². The Balaban J connectivity index is 2.29. The quantitative estimate of drug-likeness (QED) is 0.604. The van der Waals surface area contributed by atoms with Crippen molar-refractivity contribution in [3.8, 4) is 11.6 Å². The number of ether oxygens (including phenoxy) is 1. The van der Waals surface area contributed by atoms with Gasteiger partial charge in [-0.2, -0.15) is 13.2 Å². The molecular formula is C15H12F3NO2S. The van der Waals surface area contributed by atoms with Gasteiger partial charge in [0.05, 0.1) is 0 Å². The summed E-state index contributed by atoms with van der Waals surface area (Å²) in [6.45, 7) is 0. The lowest BCUT2D eigenvalue weighted by molar-refractivity contribution is -0.142. The van der Waals surface area contributed by atoms with E-state index in [2.05, 4.69) is 4.98 Å². The van der Waals surface area contributed by atoms with E-state index in [1.54, 1.807) is 36.0 Å². The third-order valence-corrected chi connectivity index (χ3v) is 3.55. The topological polar surface area (TPSA) is 39.2 Å². The maximum atomic E-state index is 13.0. The lowest BCUT2D eigenvalue weighted by Gasteiger charge is -2.12. The van der Waals surface area contributed by atoms with Crippen molar-refractivity contribution >= 4 is 18.0 Å². The van der Waals surface area contributed by atoms with Gasteiger partial charge < -0.3 is 9.53 Å². The summed E-state index contributed by atoms with van der Waals surface area (Å²) < 4.78 is 44.2. The third kappa shape index (κ3) is 4.00. The predicted molar refractivity (Wildman–Crippen MR) is 77.3 cm³/mol. The number of aldehydes is 1. The number of aromatic nitrogens is 1. The number of pyridine rings is 1. The fourth-order valence-corrected chi connectivity index (χ4v) is 2.20. The van der Waals surface area contributed by atoms with Crippen LogP contribution in [0.25, 0.3) is 0 Å². The minimum Gasteiger partial charge on any atom is -0.439 e. The molecule has 0 unspecified atom stereocenters. The number of rotatable bonds is 5. The van der Waals surface area contributed by atoms with Crippen molar-refractivity contribution < 1.29 is 22.7 Å². The molecule has 1 heterocycles. The molecule has 0 aliphatic heterocycles. The Morgan fingerprint density at radius 3 is 2.41 bits per heavy atom. The number of halogens is 3. The molecule has 0 bridgehead atoms. The van der Waals surface area contributed by atoms with E-state index in [0.29, 0.717) is 12.0 Å². The zero-order valence-corrected chi connectivity index (χ0v) is 12.4. The van der Waals surface area contributed by atoms with E-state index in [-0.39, 0.29) is 17.9 Å². The Hall–Kier alpha value is -2.02. The van der Waals surface area contributed by atoms with Gasteiger partial charge in [0, 0.05) is 17.4 Å². The van der Waals surface area contributed by atoms with Crippen molar-refractivity contribution in [1.29, 1.82) is 0 Å². The first kappa shape index (κ1) is 16.4. The number of hydrogen-bond donors (Lipinski definition) is 0. The monoisotopic (exact) mass is 327 g/mol. The molecule has 1 aromatic carbocycles. The van der Waals surface area contributed by atoms with Crippen LogP contribution in [0.1, 0.15) is 11.3 Å². The summed E-state index contributed by atoms with van der Waals surface area (Å²) in [6, 6.07) is 9.42. The van der Waals surface area contributed by atoms with Crippen LogP contribution in [0.2, 0.25) is 0 Å². The van der Waals surface area contributed by atoms with Gasteiger partial charge in [0.2, 0.25) is 5.88 Å². The SMILES string of the molecule is CSc1ccc(Oc2ccc(CC=O)c(C(F)(F)F)n2)cc1. The largest absolute Gasteiger partial charge is 0.439 e. The highest BCUT2D eigenvalue weighted by Gasteiger charge is 2.35. The average molecular weight is 327 g/mol. The fourth-order valence-electron chi connectivity index (χ4n) is 1.79. The summed E-state index contributed by atoms with van der Waals surface area (Å²) in [5.74, 6) is 0.223. The zero-order valence-electron chi connectivity index (χ0n) is 11.6. The molecular weight excluding hydrogens is 315 g/mol. The highest BCUT2D eigenvalue weighted by Crippen LogP contribution is 2.33. The minimum absolute atomic E-state index is 0.168. The number of alkyl halides is 3. The second kappa shape index (κ2) is 6.83. The molecule has 0 aliphatic rings. The third-order valence-electron chi connectivity index (χ3n) is 2.81. The molecule has 1 aromatic heterocycles. The van der Waals surface area contributed by atoms with E-state index in [4.69, 9.17) is 4.74 Å². The first-order chi connectivity index (χ1) is 10.4. The van der Waals surface area contributed by atoms with E-state index in [1.807, 2.05) is 6.26 Å². The number of carbonyl (C=O) groups is 1. The molecule has 3 nitrogen and oxygen atoms in total. The number of carbonyl (C=O) groups excluding carboxylic acids is 1. The summed E-state index contributed by atoms with van der Waals surface area (Å²) in [5, 5.41) is 0. The first-order valence-corrected chi connectivity index (χ1v) is 7.49. The molecule has 0 atom stereocenters. The van der Waals surface area contributed by atoms with Crippen LogP contribution in [0.4, 0.5) is 13.2 Å². The molecule has 116 valence electrons. The van der Waals surface area contributed by atoms with Crippen LogP contribution in [0.5, 0.6) is 11.6 Å². The van der Waals surface area contributed by atoms with Crippen LogP contribution in [0.15, 0.2) is 41.3 Å². The Labute approximate surface area is 129 Å². The first-order valence-electron chi connectivity index (χ1n) is 6.26. The van der Waals surface area contributed by atoms with Crippen molar-refractivity contribution in [2.24, 2.45) is 0 Å². The number of benzene rings is 1. The molecule has 2 rings (SSSR count). The van der Waals surface area contributed by atoms with Crippen molar-refractivity contribution in [1.82, 2.24) is 4.98 Å². The molecule has 0 amide bonds. The van der Waals surface area contributed by atoms with Gasteiger partial charge in [-0.25, -0.2) is 4.98 Å². The molecule has 0 spiro atoms. The van der Waals surface area contributed by atoms with E-state index in [9.17, 15) is 18.0 Å². The Bertz CT molecular complexity index is 657. The van der Waals surface area contributed by atoms with Crippen LogP contribution >= 0.6 is 11.8 Å². The smallest absolute Gasteiger partial charge is 0.433 e. The lowest BCUT2D eigenvalue weighted by Crippen LogP contribution is -2.13. The number of hydrogen-bond acceptors (Lipinski definition) is 4. The van der Waals surface area contributed by atoms with Gasteiger partial charge in [-0.15, -0.1) is 11.8 Å².